The lowest BCUT2D eigenvalue weighted by Gasteiger charge is -2.25. The van der Waals surface area contributed by atoms with E-state index in [4.69, 9.17) is 9.47 Å². The molecule has 2 aromatic rings. The van der Waals surface area contributed by atoms with Crippen LogP contribution in [0.15, 0.2) is 29.4 Å². The number of piperidine rings is 1. The van der Waals surface area contributed by atoms with Crippen molar-refractivity contribution in [3.63, 3.8) is 0 Å². The van der Waals surface area contributed by atoms with E-state index >= 15 is 0 Å². The van der Waals surface area contributed by atoms with E-state index in [-0.39, 0.29) is 24.2 Å². The molecule has 0 amide bonds. The van der Waals surface area contributed by atoms with Crippen molar-refractivity contribution in [3.8, 4) is 11.8 Å². The fourth-order valence-electron chi connectivity index (χ4n) is 2.65. The summed E-state index contributed by atoms with van der Waals surface area (Å²) in [5, 5.41) is 0. The minimum atomic E-state index is -0.612. The van der Waals surface area contributed by atoms with Gasteiger partial charge in [0.2, 0.25) is 0 Å². The molecule has 1 aromatic carbocycles. The van der Waals surface area contributed by atoms with E-state index in [0.717, 1.165) is 37.8 Å². The highest BCUT2D eigenvalue weighted by Crippen LogP contribution is 2.22. The van der Waals surface area contributed by atoms with Gasteiger partial charge in [0.05, 0.1) is 13.3 Å². The Morgan fingerprint density at radius 2 is 2.08 bits per heavy atom. The number of methoxy groups -OCH3 is 1. The Bertz CT molecular complexity index is 814. The number of hydrogen-bond donors (Lipinski definition) is 0. The average molecular weight is 362 g/mol. The SMILES string of the molecule is COc1ccc(COc2ncc(F)c(N=C3CCCCN3C)n2)cc1F. The zero-order valence-electron chi connectivity index (χ0n) is 14.7. The first kappa shape index (κ1) is 18.0. The maximum atomic E-state index is 14.0. The second-order valence-corrected chi connectivity index (χ2v) is 5.99. The van der Waals surface area contributed by atoms with E-state index in [9.17, 15) is 8.78 Å². The number of likely N-dealkylation sites (tertiary alicyclic amines) is 1. The van der Waals surface area contributed by atoms with Gasteiger partial charge in [0, 0.05) is 20.0 Å². The van der Waals surface area contributed by atoms with Gasteiger partial charge < -0.3 is 14.4 Å². The molecule has 1 aromatic heterocycles. The zero-order chi connectivity index (χ0) is 18.5. The summed E-state index contributed by atoms with van der Waals surface area (Å²) >= 11 is 0. The van der Waals surface area contributed by atoms with Gasteiger partial charge in [-0.15, -0.1) is 0 Å². The maximum Gasteiger partial charge on any atom is 0.318 e. The third kappa shape index (κ3) is 4.25. The summed E-state index contributed by atoms with van der Waals surface area (Å²) < 4.78 is 38.0. The van der Waals surface area contributed by atoms with Crippen molar-refractivity contribution in [1.82, 2.24) is 14.9 Å². The molecule has 3 rings (SSSR count). The minimum Gasteiger partial charge on any atom is -0.494 e. The Morgan fingerprint density at radius 3 is 2.81 bits per heavy atom. The van der Waals surface area contributed by atoms with Gasteiger partial charge in [-0.05, 0) is 30.5 Å². The fraction of sp³-hybridized carbons (Fsp3) is 0.389. The smallest absolute Gasteiger partial charge is 0.318 e. The number of amidine groups is 1. The predicted octanol–water partition coefficient (Wildman–Crippen LogP) is 3.49. The molecule has 0 atom stereocenters. The van der Waals surface area contributed by atoms with Crippen LogP contribution in [0, 0.1) is 11.6 Å². The molecule has 0 bridgehead atoms. The van der Waals surface area contributed by atoms with Crippen LogP contribution >= 0.6 is 0 Å². The van der Waals surface area contributed by atoms with Gasteiger partial charge in [0.25, 0.3) is 0 Å². The van der Waals surface area contributed by atoms with Crippen molar-refractivity contribution >= 4 is 11.7 Å². The topological polar surface area (TPSA) is 59.8 Å². The van der Waals surface area contributed by atoms with Crippen LogP contribution in [-0.2, 0) is 6.61 Å². The molecule has 1 saturated heterocycles. The molecule has 2 heterocycles. The third-order valence-electron chi connectivity index (χ3n) is 4.11. The monoisotopic (exact) mass is 362 g/mol. The molecular weight excluding hydrogens is 342 g/mol. The lowest BCUT2D eigenvalue weighted by Crippen LogP contribution is -2.31. The molecule has 0 N–H and O–H groups in total. The van der Waals surface area contributed by atoms with Gasteiger partial charge in [-0.2, -0.15) is 4.98 Å². The Morgan fingerprint density at radius 1 is 1.23 bits per heavy atom. The van der Waals surface area contributed by atoms with Gasteiger partial charge in [0.1, 0.15) is 12.4 Å². The number of halogens is 2. The van der Waals surface area contributed by atoms with Crippen molar-refractivity contribution in [3.05, 3.63) is 41.6 Å². The largest absolute Gasteiger partial charge is 0.494 e. The van der Waals surface area contributed by atoms with Crippen LogP contribution in [0.2, 0.25) is 0 Å². The molecule has 1 aliphatic rings. The second-order valence-electron chi connectivity index (χ2n) is 5.99. The number of nitrogens with zero attached hydrogens (tertiary/aromatic N) is 4. The van der Waals surface area contributed by atoms with Crippen LogP contribution in [-0.4, -0.2) is 41.4 Å². The standard InChI is InChI=1S/C18H20F2N4O2/c1-24-8-4-3-5-16(24)22-17-14(20)10-21-18(23-17)26-11-12-6-7-15(25-2)13(19)9-12/h6-7,9-10H,3-5,8,11H2,1-2H3. The van der Waals surface area contributed by atoms with Crippen LogP contribution < -0.4 is 9.47 Å². The predicted molar refractivity (Wildman–Crippen MR) is 92.9 cm³/mol. The lowest BCUT2D eigenvalue weighted by atomic mass is 10.1. The van der Waals surface area contributed by atoms with Gasteiger partial charge in [-0.25, -0.2) is 18.8 Å². The van der Waals surface area contributed by atoms with Gasteiger partial charge in [-0.3, -0.25) is 0 Å². The van der Waals surface area contributed by atoms with Gasteiger partial charge in [-0.1, -0.05) is 6.07 Å². The number of aliphatic imine (C=N–C) groups is 1. The van der Waals surface area contributed by atoms with Crippen molar-refractivity contribution in [2.75, 3.05) is 20.7 Å². The molecule has 0 saturated carbocycles. The van der Waals surface area contributed by atoms with E-state index in [2.05, 4.69) is 15.0 Å². The van der Waals surface area contributed by atoms with E-state index in [1.54, 1.807) is 6.07 Å². The second kappa shape index (κ2) is 8.07. The fourth-order valence-corrected chi connectivity index (χ4v) is 2.65. The highest BCUT2D eigenvalue weighted by molar-refractivity contribution is 5.84. The number of aromatic nitrogens is 2. The molecule has 6 nitrogen and oxygen atoms in total. The summed E-state index contributed by atoms with van der Waals surface area (Å²) in [5.74, 6) is -0.210. The van der Waals surface area contributed by atoms with Crippen molar-refractivity contribution in [2.24, 2.45) is 4.99 Å². The number of ether oxygens (including phenoxy) is 2. The third-order valence-corrected chi connectivity index (χ3v) is 4.11. The van der Waals surface area contributed by atoms with Gasteiger partial charge in [0.15, 0.2) is 23.2 Å². The highest BCUT2D eigenvalue weighted by Gasteiger charge is 2.15. The minimum absolute atomic E-state index is 0.0135. The Balaban J connectivity index is 1.73. The Labute approximate surface area is 150 Å². The zero-order valence-corrected chi connectivity index (χ0v) is 14.7. The van der Waals surface area contributed by atoms with Crippen molar-refractivity contribution in [1.29, 1.82) is 0 Å². The van der Waals surface area contributed by atoms with Crippen LogP contribution in [0.25, 0.3) is 0 Å². The molecule has 26 heavy (non-hydrogen) atoms. The Hall–Kier alpha value is -2.77. The van der Waals surface area contributed by atoms with Gasteiger partial charge >= 0.3 is 6.01 Å². The summed E-state index contributed by atoms with van der Waals surface area (Å²) in [6.45, 7) is 0.931. The molecule has 1 fully saturated rings. The highest BCUT2D eigenvalue weighted by atomic mass is 19.1. The van der Waals surface area contributed by atoms with E-state index in [1.165, 1.54) is 19.2 Å². The molecule has 0 spiro atoms. The first-order valence-corrected chi connectivity index (χ1v) is 8.33. The number of benzene rings is 1. The lowest BCUT2D eigenvalue weighted by molar-refractivity contribution is 0.278. The summed E-state index contributed by atoms with van der Waals surface area (Å²) in [5.41, 5.74) is 0.580. The molecule has 138 valence electrons. The van der Waals surface area contributed by atoms with E-state index in [1.807, 2.05) is 11.9 Å². The summed E-state index contributed by atoms with van der Waals surface area (Å²) in [7, 11) is 3.32. The molecule has 0 unspecified atom stereocenters. The number of rotatable bonds is 5. The quantitative estimate of drug-likeness (QED) is 0.815. The first-order chi connectivity index (χ1) is 12.6. The summed E-state index contributed by atoms with van der Waals surface area (Å²) in [4.78, 5) is 14.1. The Kier molecular flexibility index (Phi) is 5.60. The van der Waals surface area contributed by atoms with Crippen LogP contribution in [0.3, 0.4) is 0 Å². The van der Waals surface area contributed by atoms with Crippen molar-refractivity contribution in [2.45, 2.75) is 25.9 Å². The summed E-state index contributed by atoms with van der Waals surface area (Å²) in [6, 6.07) is 4.47. The molecule has 1 aliphatic heterocycles. The first-order valence-electron chi connectivity index (χ1n) is 8.33. The maximum absolute atomic E-state index is 14.0. The van der Waals surface area contributed by atoms with Crippen LogP contribution in [0.1, 0.15) is 24.8 Å². The van der Waals surface area contributed by atoms with Crippen molar-refractivity contribution < 1.29 is 18.3 Å². The van der Waals surface area contributed by atoms with Crippen LogP contribution in [0.5, 0.6) is 11.8 Å². The molecule has 8 heteroatoms. The van der Waals surface area contributed by atoms with E-state index in [0.29, 0.717) is 5.56 Å². The molecular formula is C18H20F2N4O2. The molecule has 0 aliphatic carbocycles. The molecule has 0 radical (unpaired) electrons. The summed E-state index contributed by atoms with van der Waals surface area (Å²) in [6.07, 6.45) is 3.91. The van der Waals surface area contributed by atoms with E-state index < -0.39 is 11.6 Å². The normalized spacial score (nSPS) is 16.0. The number of hydrogen-bond acceptors (Lipinski definition) is 5. The van der Waals surface area contributed by atoms with Crippen LogP contribution in [0.4, 0.5) is 14.6 Å². The average Bonchev–Trinajstić information content (AvgIpc) is 2.64.